The minimum Gasteiger partial charge on any atom is -0.492 e. The number of amides is 3. The summed E-state index contributed by atoms with van der Waals surface area (Å²) in [5.74, 6) is 0.436. The van der Waals surface area contributed by atoms with Gasteiger partial charge in [0.1, 0.15) is 11.8 Å². The number of rotatable bonds is 10. The van der Waals surface area contributed by atoms with Gasteiger partial charge in [0.15, 0.2) is 0 Å². The maximum atomic E-state index is 14.0. The molecule has 1 saturated heterocycles. The molecule has 220 valence electrons. The first-order chi connectivity index (χ1) is 20.5. The van der Waals surface area contributed by atoms with Crippen molar-refractivity contribution in [2.45, 2.75) is 51.1 Å². The number of benzene rings is 3. The lowest BCUT2D eigenvalue weighted by Gasteiger charge is -2.34. The fourth-order valence-corrected chi connectivity index (χ4v) is 5.91. The molecule has 0 spiro atoms. The number of hydrogen-bond acceptors (Lipinski definition) is 4. The molecule has 1 aliphatic heterocycles. The summed E-state index contributed by atoms with van der Waals surface area (Å²) in [7, 11) is 1.88. The zero-order chi connectivity index (χ0) is 29.5. The third-order valence-corrected chi connectivity index (χ3v) is 8.21. The standard InChI is InChI=1S/C34H41N5O3/c1-4-42-31-15-14-24(21-35-3)20-30(31)37-33(40)32(23(2)28-22-36-29-13-9-8-12-27(28)29)38-34(41)39-18-16-26(17-19-39)25-10-6-5-7-11-25/h5-15,20,22-23,26,32,35-36H,4,16-19,21H2,1-3H3,(H,37,40)(H,38,41)/t23-,32+/m0/s1. The monoisotopic (exact) mass is 567 g/mol. The Bertz CT molecular complexity index is 1490. The van der Waals surface area contributed by atoms with E-state index >= 15 is 0 Å². The number of piperidine rings is 1. The Labute approximate surface area is 247 Å². The van der Waals surface area contributed by atoms with Crippen LogP contribution < -0.4 is 20.7 Å². The average Bonchev–Trinajstić information content (AvgIpc) is 3.46. The van der Waals surface area contributed by atoms with Crippen molar-refractivity contribution in [3.8, 4) is 5.75 Å². The van der Waals surface area contributed by atoms with Gasteiger partial charge < -0.3 is 30.6 Å². The number of aromatic amines is 1. The number of ether oxygens (including phenoxy) is 1. The van der Waals surface area contributed by atoms with E-state index in [2.05, 4.69) is 45.2 Å². The van der Waals surface area contributed by atoms with Gasteiger partial charge in [0, 0.05) is 42.7 Å². The molecule has 5 rings (SSSR count). The number of urea groups is 1. The molecule has 3 amide bonds. The van der Waals surface area contributed by atoms with Crippen LogP contribution in [0.3, 0.4) is 0 Å². The summed E-state index contributed by atoms with van der Waals surface area (Å²) in [6.07, 6.45) is 3.72. The Kier molecular flexibility index (Phi) is 9.44. The van der Waals surface area contributed by atoms with E-state index in [-0.39, 0.29) is 17.9 Å². The molecule has 42 heavy (non-hydrogen) atoms. The van der Waals surface area contributed by atoms with Gasteiger partial charge in [0.2, 0.25) is 5.91 Å². The molecule has 8 nitrogen and oxygen atoms in total. The van der Waals surface area contributed by atoms with Gasteiger partial charge in [-0.2, -0.15) is 0 Å². The fourth-order valence-electron chi connectivity index (χ4n) is 5.91. The lowest BCUT2D eigenvalue weighted by atomic mass is 9.89. The number of likely N-dealkylation sites (tertiary alicyclic amines) is 1. The zero-order valence-corrected chi connectivity index (χ0v) is 24.7. The molecular weight excluding hydrogens is 526 g/mol. The second kappa shape index (κ2) is 13.6. The van der Waals surface area contributed by atoms with Crippen molar-refractivity contribution < 1.29 is 14.3 Å². The third kappa shape index (κ3) is 6.60. The van der Waals surface area contributed by atoms with Crippen molar-refractivity contribution in [1.82, 2.24) is 20.5 Å². The second-order valence-electron chi connectivity index (χ2n) is 11.0. The molecule has 4 N–H and O–H groups in total. The van der Waals surface area contributed by atoms with Crippen LogP contribution in [0.5, 0.6) is 5.75 Å². The fraction of sp³-hybridized carbons (Fsp3) is 0.353. The van der Waals surface area contributed by atoms with E-state index in [1.807, 2.05) is 80.5 Å². The summed E-state index contributed by atoms with van der Waals surface area (Å²) in [4.78, 5) is 32.8. The summed E-state index contributed by atoms with van der Waals surface area (Å²) in [6.45, 7) is 6.31. The topological polar surface area (TPSA) is 98.5 Å². The van der Waals surface area contributed by atoms with Gasteiger partial charge in [-0.15, -0.1) is 0 Å². The van der Waals surface area contributed by atoms with Crippen LogP contribution in [0.1, 0.15) is 55.2 Å². The van der Waals surface area contributed by atoms with E-state index in [1.54, 1.807) is 0 Å². The number of carbonyl (C=O) groups is 2. The highest BCUT2D eigenvalue weighted by molar-refractivity contribution is 5.99. The minimum atomic E-state index is -0.814. The van der Waals surface area contributed by atoms with Crippen molar-refractivity contribution in [2.24, 2.45) is 0 Å². The summed E-state index contributed by atoms with van der Waals surface area (Å²) in [5.41, 5.74) is 4.88. The molecule has 8 heteroatoms. The highest BCUT2D eigenvalue weighted by Crippen LogP contribution is 2.32. The number of H-pyrrole nitrogens is 1. The number of fused-ring (bicyclic) bond motifs is 1. The normalized spacial score (nSPS) is 15.3. The SMILES string of the molecule is CCOc1ccc(CNC)cc1NC(=O)[C@H](NC(=O)N1CCC(c2ccccc2)CC1)[C@@H](C)c1c[nH]c2ccccc12. The molecule has 4 aromatic rings. The van der Waals surface area contributed by atoms with E-state index in [0.717, 1.165) is 34.9 Å². The summed E-state index contributed by atoms with van der Waals surface area (Å²) in [5, 5.41) is 10.4. The van der Waals surface area contributed by atoms with Crippen LogP contribution >= 0.6 is 0 Å². The van der Waals surface area contributed by atoms with Gasteiger partial charge in [0.25, 0.3) is 0 Å². The number of nitrogens with zero attached hydrogens (tertiary/aromatic N) is 1. The van der Waals surface area contributed by atoms with Crippen molar-refractivity contribution >= 4 is 28.5 Å². The smallest absolute Gasteiger partial charge is 0.318 e. The van der Waals surface area contributed by atoms with Gasteiger partial charge >= 0.3 is 6.03 Å². The van der Waals surface area contributed by atoms with Gasteiger partial charge in [0.05, 0.1) is 12.3 Å². The van der Waals surface area contributed by atoms with Crippen molar-refractivity contribution in [2.75, 3.05) is 32.1 Å². The van der Waals surface area contributed by atoms with Gasteiger partial charge in [-0.3, -0.25) is 4.79 Å². The van der Waals surface area contributed by atoms with Crippen molar-refractivity contribution in [1.29, 1.82) is 0 Å². The lowest BCUT2D eigenvalue weighted by Crippen LogP contribution is -2.53. The van der Waals surface area contributed by atoms with Crippen LogP contribution in [-0.2, 0) is 11.3 Å². The maximum Gasteiger partial charge on any atom is 0.318 e. The van der Waals surface area contributed by atoms with Crippen molar-refractivity contribution in [3.63, 3.8) is 0 Å². The molecule has 0 aliphatic carbocycles. The number of carbonyl (C=O) groups excluding carboxylic acids is 2. The molecule has 1 aromatic heterocycles. The second-order valence-corrected chi connectivity index (χ2v) is 11.0. The predicted octanol–water partition coefficient (Wildman–Crippen LogP) is 5.99. The summed E-state index contributed by atoms with van der Waals surface area (Å²) >= 11 is 0. The highest BCUT2D eigenvalue weighted by Gasteiger charge is 2.33. The van der Waals surface area contributed by atoms with Crippen LogP contribution in [0.4, 0.5) is 10.5 Å². The number of anilines is 1. The third-order valence-electron chi connectivity index (χ3n) is 8.21. The molecule has 2 heterocycles. The van der Waals surface area contributed by atoms with Crippen LogP contribution in [0.25, 0.3) is 10.9 Å². The minimum absolute atomic E-state index is 0.220. The van der Waals surface area contributed by atoms with E-state index < -0.39 is 6.04 Å². The van der Waals surface area contributed by atoms with Crippen LogP contribution in [0, 0.1) is 0 Å². The number of para-hydroxylation sites is 1. The Morgan fingerprint density at radius 2 is 1.76 bits per heavy atom. The molecule has 1 fully saturated rings. The molecule has 0 bridgehead atoms. The molecular formula is C34H41N5O3. The number of hydrogen-bond donors (Lipinski definition) is 4. The average molecular weight is 568 g/mol. The van der Waals surface area contributed by atoms with Crippen LogP contribution in [-0.4, -0.2) is 54.6 Å². The molecule has 0 radical (unpaired) electrons. The maximum absolute atomic E-state index is 14.0. The zero-order valence-electron chi connectivity index (χ0n) is 24.7. The highest BCUT2D eigenvalue weighted by atomic mass is 16.5. The Morgan fingerprint density at radius 1 is 1.02 bits per heavy atom. The Morgan fingerprint density at radius 3 is 2.50 bits per heavy atom. The summed E-state index contributed by atoms with van der Waals surface area (Å²) in [6, 6.07) is 23.2. The summed E-state index contributed by atoms with van der Waals surface area (Å²) < 4.78 is 5.83. The number of nitrogens with one attached hydrogen (secondary N) is 4. The Balaban J connectivity index is 1.38. The van der Waals surface area contributed by atoms with E-state index in [9.17, 15) is 9.59 Å². The van der Waals surface area contributed by atoms with E-state index in [1.165, 1.54) is 5.56 Å². The molecule has 3 aromatic carbocycles. The first kappa shape index (κ1) is 29.2. The first-order valence-electron chi connectivity index (χ1n) is 14.9. The van der Waals surface area contributed by atoms with E-state index in [0.29, 0.717) is 43.6 Å². The Hall–Kier alpha value is -4.30. The quantitative estimate of drug-likeness (QED) is 0.189. The van der Waals surface area contributed by atoms with E-state index in [4.69, 9.17) is 4.74 Å². The lowest BCUT2D eigenvalue weighted by molar-refractivity contribution is -0.118. The van der Waals surface area contributed by atoms with Gasteiger partial charge in [-0.1, -0.05) is 61.5 Å². The molecule has 0 unspecified atom stereocenters. The van der Waals surface area contributed by atoms with Gasteiger partial charge in [-0.25, -0.2) is 4.79 Å². The first-order valence-corrected chi connectivity index (χ1v) is 14.9. The molecule has 0 saturated carbocycles. The molecule has 2 atom stereocenters. The predicted molar refractivity (Wildman–Crippen MR) is 168 cm³/mol. The van der Waals surface area contributed by atoms with Gasteiger partial charge in [-0.05, 0) is 67.6 Å². The largest absolute Gasteiger partial charge is 0.492 e. The van der Waals surface area contributed by atoms with Crippen LogP contribution in [0.15, 0.2) is 79.0 Å². The number of aromatic nitrogens is 1. The van der Waals surface area contributed by atoms with Crippen molar-refractivity contribution in [3.05, 3.63) is 95.7 Å². The van der Waals surface area contributed by atoms with Crippen LogP contribution in [0.2, 0.25) is 0 Å². The molecule has 1 aliphatic rings.